The quantitative estimate of drug-likeness (QED) is 0.511. The second kappa shape index (κ2) is 6.53. The number of ether oxygens (including phenoxy) is 1. The Morgan fingerprint density at radius 1 is 1.50 bits per heavy atom. The number of hydrogen-bond donors (Lipinski definition) is 2. The molecule has 1 aromatic rings. The molecule has 5 heteroatoms. The third-order valence-electron chi connectivity index (χ3n) is 2.67. The molecule has 3 N–H and O–H groups in total. The Kier molecular flexibility index (Phi) is 5.29. The minimum absolute atomic E-state index is 0.154. The summed E-state index contributed by atoms with van der Waals surface area (Å²) in [4.78, 5) is 4.31. The molecule has 0 bridgehead atoms. The van der Waals surface area contributed by atoms with Crippen LogP contribution < -0.4 is 15.8 Å². The summed E-state index contributed by atoms with van der Waals surface area (Å²) in [6.07, 6.45) is 5.48. The van der Waals surface area contributed by atoms with Crippen molar-refractivity contribution in [3.05, 3.63) is 23.2 Å². The normalized spacial score (nSPS) is 13.5. The molecule has 1 unspecified atom stereocenters. The molecule has 0 spiro atoms. The Labute approximate surface area is 125 Å². The molecule has 0 saturated carbocycles. The summed E-state index contributed by atoms with van der Waals surface area (Å²) in [7, 11) is 1.56. The van der Waals surface area contributed by atoms with Crippen LogP contribution in [0.1, 0.15) is 20.8 Å². The van der Waals surface area contributed by atoms with Gasteiger partial charge in [-0.3, -0.25) is 0 Å². The number of hydrogen-bond acceptors (Lipinski definition) is 2. The van der Waals surface area contributed by atoms with E-state index >= 15 is 0 Å². The maximum absolute atomic E-state index is 6.04. The van der Waals surface area contributed by atoms with Crippen molar-refractivity contribution in [2.75, 3.05) is 12.4 Å². The van der Waals surface area contributed by atoms with E-state index < -0.39 is 0 Å². The number of nitrogens with zero attached hydrogens (tertiary/aromatic N) is 1. The summed E-state index contributed by atoms with van der Waals surface area (Å²) in [5.41, 5.74) is 6.44. The summed E-state index contributed by atoms with van der Waals surface area (Å²) in [6, 6.07) is 4.96. The lowest BCUT2D eigenvalue weighted by molar-refractivity contribution is 0.376. The number of nitrogens with one attached hydrogen (secondary N) is 1. The molecule has 108 valence electrons. The first kappa shape index (κ1) is 16.2. The van der Waals surface area contributed by atoms with Crippen molar-refractivity contribution >= 4 is 23.2 Å². The molecule has 0 aliphatic carbocycles. The zero-order chi connectivity index (χ0) is 15.3. The van der Waals surface area contributed by atoms with E-state index in [4.69, 9.17) is 28.5 Å². The maximum atomic E-state index is 6.04. The van der Waals surface area contributed by atoms with Crippen LogP contribution in [0.2, 0.25) is 5.02 Å². The minimum atomic E-state index is -0.302. The molecule has 0 aliphatic heterocycles. The zero-order valence-electron chi connectivity index (χ0n) is 12.2. The third kappa shape index (κ3) is 4.36. The number of terminal acetylenes is 1. The largest absolute Gasteiger partial charge is 0.495 e. The predicted octanol–water partition coefficient (Wildman–Crippen LogP) is 3.12. The molecule has 4 nitrogen and oxygen atoms in total. The van der Waals surface area contributed by atoms with E-state index in [-0.39, 0.29) is 17.4 Å². The van der Waals surface area contributed by atoms with Gasteiger partial charge in [0, 0.05) is 5.69 Å². The van der Waals surface area contributed by atoms with E-state index in [2.05, 4.69) is 16.2 Å². The van der Waals surface area contributed by atoms with E-state index in [0.717, 1.165) is 5.69 Å². The molecule has 1 aromatic carbocycles. The Morgan fingerprint density at radius 3 is 2.60 bits per heavy atom. The topological polar surface area (TPSA) is 59.6 Å². The van der Waals surface area contributed by atoms with Crippen molar-refractivity contribution in [3.8, 4) is 18.1 Å². The van der Waals surface area contributed by atoms with Gasteiger partial charge in [-0.1, -0.05) is 38.3 Å². The van der Waals surface area contributed by atoms with Crippen LogP contribution in [0.5, 0.6) is 5.75 Å². The summed E-state index contributed by atoms with van der Waals surface area (Å²) >= 11 is 6.04. The number of guanidine groups is 1. The Hall–Kier alpha value is -1.86. The van der Waals surface area contributed by atoms with Gasteiger partial charge in [-0.15, -0.1) is 6.42 Å². The van der Waals surface area contributed by atoms with Gasteiger partial charge in [0.15, 0.2) is 5.96 Å². The highest BCUT2D eigenvalue weighted by molar-refractivity contribution is 6.32. The first-order valence-corrected chi connectivity index (χ1v) is 6.55. The molecule has 1 rings (SSSR count). The Bertz CT molecular complexity index is 541. The molecule has 0 saturated heterocycles. The van der Waals surface area contributed by atoms with Crippen LogP contribution in [-0.4, -0.2) is 19.1 Å². The van der Waals surface area contributed by atoms with Crippen LogP contribution in [0.25, 0.3) is 0 Å². The van der Waals surface area contributed by atoms with Crippen molar-refractivity contribution < 1.29 is 4.74 Å². The standard InChI is InChI=1S/C15H20ClN3O/c1-6-13(15(2,3)4)19-14(17)18-10-7-8-12(20-5)11(16)9-10/h1,7-9,13H,2-5H3,(H3,17,18,19). The molecule has 1 atom stereocenters. The summed E-state index contributed by atoms with van der Waals surface area (Å²) in [5.74, 6) is 3.49. The van der Waals surface area contributed by atoms with Gasteiger partial charge < -0.3 is 15.8 Å². The highest BCUT2D eigenvalue weighted by Crippen LogP contribution is 2.27. The molecule has 0 radical (unpaired) electrons. The fraction of sp³-hybridized carbons (Fsp3) is 0.400. The highest BCUT2D eigenvalue weighted by Gasteiger charge is 2.22. The average molecular weight is 294 g/mol. The first-order chi connectivity index (χ1) is 9.27. The average Bonchev–Trinajstić information content (AvgIpc) is 2.34. The van der Waals surface area contributed by atoms with Gasteiger partial charge in [0.2, 0.25) is 0 Å². The minimum Gasteiger partial charge on any atom is -0.495 e. The number of methoxy groups -OCH3 is 1. The van der Waals surface area contributed by atoms with Crippen LogP contribution in [0, 0.1) is 17.8 Å². The fourth-order valence-electron chi connectivity index (χ4n) is 1.54. The van der Waals surface area contributed by atoms with E-state index in [1.807, 2.05) is 20.8 Å². The van der Waals surface area contributed by atoms with Crippen molar-refractivity contribution in [3.63, 3.8) is 0 Å². The smallest absolute Gasteiger partial charge is 0.194 e. The van der Waals surface area contributed by atoms with Gasteiger partial charge >= 0.3 is 0 Å². The van der Waals surface area contributed by atoms with Gasteiger partial charge in [-0.25, -0.2) is 4.99 Å². The number of halogens is 1. The van der Waals surface area contributed by atoms with Crippen molar-refractivity contribution in [2.45, 2.75) is 26.8 Å². The van der Waals surface area contributed by atoms with E-state index in [1.165, 1.54) is 0 Å². The molecule has 20 heavy (non-hydrogen) atoms. The van der Waals surface area contributed by atoms with Gasteiger partial charge in [-0.05, 0) is 23.6 Å². The molecule has 0 aliphatic rings. The molecule has 0 aromatic heterocycles. The van der Waals surface area contributed by atoms with Crippen LogP contribution >= 0.6 is 11.6 Å². The first-order valence-electron chi connectivity index (χ1n) is 6.18. The second-order valence-electron chi connectivity index (χ2n) is 5.42. The molecule has 0 heterocycles. The molecular weight excluding hydrogens is 274 g/mol. The third-order valence-corrected chi connectivity index (χ3v) is 2.97. The SMILES string of the molecule is C#CC(N=C(N)Nc1ccc(OC)c(Cl)c1)C(C)(C)C. The molecule has 0 fully saturated rings. The number of rotatable bonds is 3. The number of anilines is 1. The van der Waals surface area contributed by atoms with Crippen LogP contribution in [-0.2, 0) is 0 Å². The molecule has 0 amide bonds. The lowest BCUT2D eigenvalue weighted by Crippen LogP contribution is -2.30. The summed E-state index contributed by atoms with van der Waals surface area (Å²) < 4.78 is 5.08. The van der Waals surface area contributed by atoms with Crippen LogP contribution in [0.15, 0.2) is 23.2 Å². The molecular formula is C15H20ClN3O. The number of nitrogens with two attached hydrogens (primary N) is 1. The maximum Gasteiger partial charge on any atom is 0.194 e. The van der Waals surface area contributed by atoms with E-state index in [1.54, 1.807) is 25.3 Å². The predicted molar refractivity (Wildman–Crippen MR) is 85.3 cm³/mol. The lowest BCUT2D eigenvalue weighted by Gasteiger charge is -2.23. The van der Waals surface area contributed by atoms with Gasteiger partial charge in [-0.2, -0.15) is 0 Å². The van der Waals surface area contributed by atoms with Crippen LogP contribution in [0.4, 0.5) is 5.69 Å². The van der Waals surface area contributed by atoms with Crippen molar-refractivity contribution in [1.82, 2.24) is 0 Å². The highest BCUT2D eigenvalue weighted by atomic mass is 35.5. The van der Waals surface area contributed by atoms with Gasteiger partial charge in [0.1, 0.15) is 11.8 Å². The Balaban J connectivity index is 2.88. The van der Waals surface area contributed by atoms with Gasteiger partial charge in [0.05, 0.1) is 12.1 Å². The summed E-state index contributed by atoms with van der Waals surface area (Å²) in [5, 5.41) is 3.46. The summed E-state index contributed by atoms with van der Waals surface area (Å²) in [6.45, 7) is 6.04. The lowest BCUT2D eigenvalue weighted by atomic mass is 9.88. The number of aliphatic imine (C=N–C) groups is 1. The Morgan fingerprint density at radius 2 is 2.15 bits per heavy atom. The van der Waals surface area contributed by atoms with E-state index in [0.29, 0.717) is 10.8 Å². The second-order valence-corrected chi connectivity index (χ2v) is 5.83. The van der Waals surface area contributed by atoms with E-state index in [9.17, 15) is 0 Å². The number of benzene rings is 1. The fourth-order valence-corrected chi connectivity index (χ4v) is 1.80. The van der Waals surface area contributed by atoms with Crippen LogP contribution in [0.3, 0.4) is 0 Å². The zero-order valence-corrected chi connectivity index (χ0v) is 13.0. The monoisotopic (exact) mass is 293 g/mol. The van der Waals surface area contributed by atoms with Gasteiger partial charge in [0.25, 0.3) is 0 Å². The van der Waals surface area contributed by atoms with Crippen molar-refractivity contribution in [1.29, 1.82) is 0 Å². The van der Waals surface area contributed by atoms with Crippen molar-refractivity contribution in [2.24, 2.45) is 16.1 Å².